The van der Waals surface area contributed by atoms with Crippen LogP contribution >= 0.6 is 0 Å². The second kappa shape index (κ2) is 34.4. The van der Waals surface area contributed by atoms with Gasteiger partial charge in [0, 0.05) is 38.2 Å². The van der Waals surface area contributed by atoms with E-state index in [-0.39, 0.29) is 110 Å². The van der Waals surface area contributed by atoms with E-state index in [4.69, 9.17) is 53.2 Å². The molecule has 0 spiro atoms. The maximum atomic E-state index is 12.2. The minimum Gasteiger partial charge on any atom is -0.508 e. The largest absolute Gasteiger partial charge is 0.508 e. The van der Waals surface area contributed by atoms with Crippen LogP contribution in [0.4, 0.5) is 0 Å². The predicted molar refractivity (Wildman–Crippen MR) is 332 cm³/mol. The van der Waals surface area contributed by atoms with Crippen molar-refractivity contribution >= 4 is 36.3 Å². The molecule has 488 valence electrons. The van der Waals surface area contributed by atoms with Crippen LogP contribution in [0.15, 0.2) is 119 Å². The summed E-state index contributed by atoms with van der Waals surface area (Å²) in [4.78, 5) is 67.5. The number of esters is 2. The van der Waals surface area contributed by atoms with E-state index in [1.54, 1.807) is 80.6 Å². The zero-order chi connectivity index (χ0) is 65.6. The predicted octanol–water partition coefficient (Wildman–Crippen LogP) is 10.9. The Morgan fingerprint density at radius 1 is 0.539 bits per heavy atom. The normalized spacial score (nSPS) is 26.3. The van der Waals surface area contributed by atoms with E-state index in [0.717, 1.165) is 47.1 Å². The Labute approximate surface area is 524 Å². The molecule has 3 saturated heterocycles. The first-order valence-corrected chi connectivity index (χ1v) is 30.7. The number of aliphatic carboxylic acids is 1. The summed E-state index contributed by atoms with van der Waals surface area (Å²) in [7, 11) is 0. The topological polar surface area (TPSA) is 277 Å². The van der Waals surface area contributed by atoms with Crippen LogP contribution in [0.3, 0.4) is 0 Å². The lowest BCUT2D eigenvalue weighted by Gasteiger charge is -2.21. The van der Waals surface area contributed by atoms with Gasteiger partial charge in [-0.05, 0) is 195 Å². The quantitative estimate of drug-likeness (QED) is 0.0304. The third-order valence-corrected chi connectivity index (χ3v) is 16.1. The summed E-state index contributed by atoms with van der Waals surface area (Å²) >= 11 is 0. The average Bonchev–Trinajstić information content (AvgIpc) is 1.78. The first-order chi connectivity index (χ1) is 42.2. The van der Waals surface area contributed by atoms with E-state index in [2.05, 4.69) is 6.08 Å². The SMILES string of the molecule is C/C=C(/C=O)[C@@H](CC=O)CC(=O)OCCc1ccc(O)cc1.C/C=C1\[C@H](CC(=O)O)C[C@H]2OC(C)(C)O[C@@H]12.C/C=C1\[C@H](CC(=O)OCCc2ccc(O)cc2)C[C@H]2OC(C)(C)O[C@@H]12.C/C=C1\[C@H](CC(C)=O)C[C@H]2OC(C)(C)O[C@@H]12.OCCc1ccc(O)cc1. The molecule has 89 heavy (non-hydrogen) atoms. The second-order valence-electron chi connectivity index (χ2n) is 24.3. The van der Waals surface area contributed by atoms with Crippen LogP contribution in [0, 0.1) is 23.7 Å². The number of fused-ring (bicyclic) bond motifs is 3. The van der Waals surface area contributed by atoms with Crippen LogP contribution in [0.25, 0.3) is 0 Å². The molecule has 3 aliphatic heterocycles. The number of ketones is 1. The Morgan fingerprint density at radius 2 is 0.899 bits per heavy atom. The molecule has 0 unspecified atom stereocenters. The highest BCUT2D eigenvalue weighted by Gasteiger charge is 2.52. The molecule has 5 N–H and O–H groups in total. The number of hydrogen-bond acceptors (Lipinski definition) is 18. The molecule has 6 aliphatic rings. The Bertz CT molecular complexity index is 2850. The number of phenolic OH excluding ortho intramolecular Hbond substituents is 3. The summed E-state index contributed by atoms with van der Waals surface area (Å²) in [6.07, 6.45) is 14.7. The van der Waals surface area contributed by atoms with Gasteiger partial charge < -0.3 is 73.0 Å². The first-order valence-electron chi connectivity index (χ1n) is 30.7. The van der Waals surface area contributed by atoms with Crippen LogP contribution in [0.1, 0.15) is 144 Å². The van der Waals surface area contributed by atoms with Crippen molar-refractivity contribution in [3.63, 3.8) is 0 Å². The number of phenols is 3. The Kier molecular flexibility index (Phi) is 28.2. The number of hydrogen-bond donors (Lipinski definition) is 5. The van der Waals surface area contributed by atoms with Crippen LogP contribution in [0.2, 0.25) is 0 Å². The first kappa shape index (κ1) is 72.9. The second-order valence-corrected chi connectivity index (χ2v) is 24.3. The molecular weight excluding hydrogens is 1140 g/mol. The summed E-state index contributed by atoms with van der Waals surface area (Å²) < 4.78 is 45.7. The van der Waals surface area contributed by atoms with Crippen LogP contribution in [-0.2, 0) is 85.9 Å². The summed E-state index contributed by atoms with van der Waals surface area (Å²) in [5.41, 5.74) is 6.91. The molecule has 3 saturated carbocycles. The summed E-state index contributed by atoms with van der Waals surface area (Å²) in [5, 5.41) is 44.7. The van der Waals surface area contributed by atoms with Crippen molar-refractivity contribution in [3.05, 3.63) is 136 Å². The van der Waals surface area contributed by atoms with Gasteiger partial charge in [0.2, 0.25) is 0 Å². The number of aromatic hydroxyl groups is 3. The number of carbonyl (C=O) groups is 6. The fraction of sp³-hybridized carbons (Fsp3) is 0.543. The smallest absolute Gasteiger partial charge is 0.306 e. The van der Waals surface area contributed by atoms with Crippen molar-refractivity contribution in [2.75, 3.05) is 19.8 Å². The molecule has 3 heterocycles. The van der Waals surface area contributed by atoms with Crippen LogP contribution in [-0.4, -0.2) is 136 Å². The Balaban J connectivity index is 0.000000208. The van der Waals surface area contributed by atoms with Gasteiger partial charge in [-0.3, -0.25) is 19.2 Å². The Hall–Kier alpha value is -6.84. The lowest BCUT2D eigenvalue weighted by molar-refractivity contribution is -0.152. The van der Waals surface area contributed by atoms with Crippen LogP contribution in [0.5, 0.6) is 17.2 Å². The highest BCUT2D eigenvalue weighted by atomic mass is 16.8. The van der Waals surface area contributed by atoms with Gasteiger partial charge in [0.1, 0.15) is 53.9 Å². The lowest BCUT2D eigenvalue weighted by Crippen LogP contribution is -2.24. The maximum absolute atomic E-state index is 12.2. The maximum Gasteiger partial charge on any atom is 0.306 e. The summed E-state index contributed by atoms with van der Waals surface area (Å²) in [6, 6.07) is 20.4. The van der Waals surface area contributed by atoms with Gasteiger partial charge >= 0.3 is 17.9 Å². The van der Waals surface area contributed by atoms with Gasteiger partial charge in [0.15, 0.2) is 17.4 Å². The third kappa shape index (κ3) is 22.9. The molecular formula is C70H94O19. The average molecular weight is 1240 g/mol. The fourth-order valence-corrected chi connectivity index (χ4v) is 12.2. The third-order valence-electron chi connectivity index (χ3n) is 16.1. The number of ether oxygens (including phenoxy) is 8. The number of aliphatic hydroxyl groups excluding tert-OH is 1. The van der Waals surface area contributed by atoms with E-state index in [1.807, 2.05) is 86.6 Å². The van der Waals surface area contributed by atoms with Gasteiger partial charge in [-0.25, -0.2) is 0 Å². The molecule has 19 nitrogen and oxygen atoms in total. The molecule has 3 aromatic carbocycles. The fourth-order valence-electron chi connectivity index (χ4n) is 12.2. The van der Waals surface area contributed by atoms with Crippen molar-refractivity contribution in [2.45, 2.75) is 201 Å². The molecule has 9 rings (SSSR count). The van der Waals surface area contributed by atoms with Crippen molar-refractivity contribution in [1.29, 1.82) is 0 Å². The number of rotatable bonds is 20. The molecule has 0 aromatic heterocycles. The van der Waals surface area contributed by atoms with Crippen molar-refractivity contribution < 1.29 is 92.2 Å². The molecule has 3 aromatic rings. The molecule has 10 atom stereocenters. The minimum absolute atomic E-state index is 0.00668. The highest BCUT2D eigenvalue weighted by Crippen LogP contribution is 2.48. The highest BCUT2D eigenvalue weighted by molar-refractivity contribution is 5.79. The standard InChI is InChI=1S/C20H26O5.C17H20O5.C13H20O3.C12H18O4.C8H10O2/c1-4-16-14(11-17-19(16)25-20(2,3)24-17)12-18(22)23-10-9-13-5-7-15(21)8-6-13;1-2-14(12-19)15(7-9-18)11-17(21)22-10-8-13-3-5-16(20)6-4-13;1-5-10-9(6-8(2)14)7-11-12(10)16-13(3,4)15-11;1-4-8-7(6-10(13)14)5-9-11(8)16-12(2,3)15-9;9-6-5-7-1-3-8(10)4-2-7/h4-8,14,17,19,21H,9-12H2,1-3H3;2-6,9,12,15,20H,7-8,10-11H2,1H3;5,9,11-12H,6-7H2,1-4H3;4,7,9,11H,5-6H2,1-3H3,(H,13,14);1-4,9-10H,5-6H2/b16-4+;14-2-;10-5+;8-4+;/t14-,17+,19-;15-;9-,11-,12+;7-,9+,11-;/m0010./s1. The number of carbonyl (C=O) groups excluding carboxylic acids is 5. The van der Waals surface area contributed by atoms with E-state index in [1.165, 1.54) is 5.57 Å². The monoisotopic (exact) mass is 1240 g/mol. The number of aldehydes is 2. The molecule has 3 aliphatic carbocycles. The molecule has 19 heteroatoms. The van der Waals surface area contributed by atoms with Gasteiger partial charge in [0.25, 0.3) is 0 Å². The molecule has 0 bridgehead atoms. The van der Waals surface area contributed by atoms with Gasteiger partial charge in [-0.15, -0.1) is 0 Å². The van der Waals surface area contributed by atoms with Gasteiger partial charge in [-0.2, -0.15) is 0 Å². The number of benzene rings is 3. The van der Waals surface area contributed by atoms with Crippen molar-refractivity contribution in [2.24, 2.45) is 23.7 Å². The number of aliphatic hydroxyl groups is 1. The van der Waals surface area contributed by atoms with E-state index < -0.39 is 35.2 Å². The minimum atomic E-state index is -0.761. The number of carboxylic acids is 1. The summed E-state index contributed by atoms with van der Waals surface area (Å²) in [5.74, 6) is -1.98. The van der Waals surface area contributed by atoms with Crippen molar-refractivity contribution in [1.82, 2.24) is 0 Å². The van der Waals surface area contributed by atoms with E-state index in [9.17, 15) is 39.0 Å². The number of carboxylic acid groups (broad SMARTS) is 1. The molecule has 0 radical (unpaired) electrons. The molecule has 0 amide bonds. The van der Waals surface area contributed by atoms with E-state index >= 15 is 0 Å². The number of allylic oxidation sites excluding steroid dienone is 5. The molecule has 6 fully saturated rings. The van der Waals surface area contributed by atoms with Gasteiger partial charge in [0.05, 0.1) is 50.8 Å². The number of Topliss-reactive ketones (excluding diaryl/α,β-unsaturated/α-hetero) is 1. The summed E-state index contributed by atoms with van der Waals surface area (Å²) in [6.45, 7) is 21.5. The van der Waals surface area contributed by atoms with Crippen LogP contribution < -0.4 is 0 Å². The van der Waals surface area contributed by atoms with Gasteiger partial charge in [-0.1, -0.05) is 60.7 Å². The van der Waals surface area contributed by atoms with E-state index in [0.29, 0.717) is 62.8 Å². The van der Waals surface area contributed by atoms with Crippen molar-refractivity contribution in [3.8, 4) is 17.2 Å². The zero-order valence-electron chi connectivity index (χ0n) is 53.5. The Morgan fingerprint density at radius 3 is 1.22 bits per heavy atom. The lowest BCUT2D eigenvalue weighted by atomic mass is 9.93. The zero-order valence-corrected chi connectivity index (χ0v) is 53.5.